The minimum atomic E-state index is 0.0478. The first-order chi connectivity index (χ1) is 11.1. The highest BCUT2D eigenvalue weighted by Gasteiger charge is 2.28. The number of nitrogens with zero attached hydrogens (tertiary/aromatic N) is 2. The molecule has 0 N–H and O–H groups in total. The number of likely N-dealkylation sites (tertiary alicyclic amines) is 1. The molecule has 124 valence electrons. The average Bonchev–Trinajstić information content (AvgIpc) is 3.13. The topological polar surface area (TPSA) is 55.6 Å². The third kappa shape index (κ3) is 3.48. The van der Waals surface area contributed by atoms with Gasteiger partial charge in [0.15, 0.2) is 0 Å². The van der Waals surface area contributed by atoms with Gasteiger partial charge >= 0.3 is 0 Å². The van der Waals surface area contributed by atoms with E-state index in [9.17, 15) is 4.79 Å². The lowest BCUT2D eigenvalue weighted by Gasteiger charge is -2.31. The first-order valence-electron chi connectivity index (χ1n) is 7.88. The van der Waals surface area contributed by atoms with E-state index >= 15 is 0 Å². The maximum absolute atomic E-state index is 12.8. The highest BCUT2D eigenvalue weighted by molar-refractivity contribution is 7.09. The molecule has 0 spiro atoms. The Bertz CT molecular complexity index is 692. The Morgan fingerprint density at radius 1 is 1.52 bits per heavy atom. The summed E-state index contributed by atoms with van der Waals surface area (Å²) in [4.78, 5) is 19.4. The van der Waals surface area contributed by atoms with Crippen LogP contribution in [-0.2, 0) is 11.3 Å². The Morgan fingerprint density at radius 3 is 3.04 bits per heavy atom. The second kappa shape index (κ2) is 6.84. The van der Waals surface area contributed by atoms with Gasteiger partial charge in [0.05, 0.1) is 10.6 Å². The fraction of sp³-hybridized carbons (Fsp3) is 0.529. The molecule has 5 nitrogen and oxygen atoms in total. The zero-order chi connectivity index (χ0) is 16.4. The molecule has 1 aliphatic heterocycles. The van der Waals surface area contributed by atoms with Crippen molar-refractivity contribution in [2.75, 3.05) is 20.2 Å². The molecule has 1 amide bonds. The molecule has 1 saturated heterocycles. The Hall–Kier alpha value is -1.66. The van der Waals surface area contributed by atoms with Crippen molar-refractivity contribution in [1.29, 1.82) is 0 Å². The minimum Gasteiger partial charge on any atom is -0.463 e. The van der Waals surface area contributed by atoms with Crippen LogP contribution in [0.5, 0.6) is 0 Å². The molecule has 2 aromatic rings. The van der Waals surface area contributed by atoms with Gasteiger partial charge in [-0.05, 0) is 32.8 Å². The van der Waals surface area contributed by atoms with Gasteiger partial charge in [0, 0.05) is 37.2 Å². The predicted molar refractivity (Wildman–Crippen MR) is 88.9 cm³/mol. The number of amides is 1. The van der Waals surface area contributed by atoms with E-state index in [0.29, 0.717) is 29.6 Å². The summed E-state index contributed by atoms with van der Waals surface area (Å²) in [7, 11) is 1.62. The van der Waals surface area contributed by atoms with Crippen LogP contribution in [0.1, 0.15) is 51.3 Å². The van der Waals surface area contributed by atoms with E-state index in [2.05, 4.69) is 10.4 Å². The minimum absolute atomic E-state index is 0.0478. The summed E-state index contributed by atoms with van der Waals surface area (Å²) < 4.78 is 10.7. The highest BCUT2D eigenvalue weighted by atomic mass is 32.1. The molecule has 0 bridgehead atoms. The molecule has 3 heterocycles. The number of rotatable bonds is 4. The van der Waals surface area contributed by atoms with Crippen molar-refractivity contribution in [1.82, 2.24) is 9.88 Å². The smallest absolute Gasteiger partial charge is 0.257 e. The van der Waals surface area contributed by atoms with E-state index in [1.165, 1.54) is 0 Å². The number of carbonyl (C=O) groups excluding carboxylic acids is 1. The van der Waals surface area contributed by atoms with Crippen molar-refractivity contribution in [2.24, 2.45) is 0 Å². The first kappa shape index (κ1) is 16.2. The molecule has 6 heteroatoms. The summed E-state index contributed by atoms with van der Waals surface area (Å²) in [6, 6.07) is 1.80. The number of carbonyl (C=O) groups is 1. The number of aryl methyl sites for hydroxylation is 2. The number of thiazole rings is 1. The Morgan fingerprint density at radius 2 is 2.35 bits per heavy atom. The Kier molecular flexibility index (Phi) is 4.82. The van der Waals surface area contributed by atoms with E-state index in [1.54, 1.807) is 24.5 Å². The van der Waals surface area contributed by atoms with Crippen molar-refractivity contribution in [3.8, 4) is 0 Å². The molecule has 2 aromatic heterocycles. The van der Waals surface area contributed by atoms with E-state index in [1.807, 2.05) is 18.7 Å². The monoisotopic (exact) mass is 334 g/mol. The third-order valence-corrected chi connectivity index (χ3v) is 5.31. The van der Waals surface area contributed by atoms with Crippen LogP contribution in [0.4, 0.5) is 0 Å². The van der Waals surface area contributed by atoms with E-state index in [-0.39, 0.29) is 5.91 Å². The largest absolute Gasteiger partial charge is 0.463 e. The highest BCUT2D eigenvalue weighted by Crippen LogP contribution is 2.30. The molecule has 0 aliphatic carbocycles. The summed E-state index contributed by atoms with van der Waals surface area (Å²) >= 11 is 1.70. The van der Waals surface area contributed by atoms with Gasteiger partial charge in [-0.3, -0.25) is 4.79 Å². The molecule has 1 aliphatic rings. The van der Waals surface area contributed by atoms with Gasteiger partial charge in [-0.25, -0.2) is 4.98 Å². The number of hydrogen-bond acceptors (Lipinski definition) is 5. The van der Waals surface area contributed by atoms with Crippen LogP contribution in [0.2, 0.25) is 0 Å². The van der Waals surface area contributed by atoms with Crippen LogP contribution in [0.25, 0.3) is 0 Å². The van der Waals surface area contributed by atoms with Crippen LogP contribution in [-0.4, -0.2) is 36.0 Å². The predicted octanol–water partition coefficient (Wildman–Crippen LogP) is 3.52. The lowest BCUT2D eigenvalue weighted by Crippen LogP contribution is -2.39. The van der Waals surface area contributed by atoms with Gasteiger partial charge in [-0.2, -0.15) is 0 Å². The summed E-state index contributed by atoms with van der Waals surface area (Å²) in [6.07, 6.45) is 2.10. The molecule has 0 saturated carbocycles. The van der Waals surface area contributed by atoms with Crippen LogP contribution < -0.4 is 0 Å². The average molecular weight is 334 g/mol. The molecule has 1 atom stereocenters. The molecular weight excluding hydrogens is 312 g/mol. The van der Waals surface area contributed by atoms with Crippen molar-refractivity contribution < 1.29 is 13.9 Å². The van der Waals surface area contributed by atoms with Crippen molar-refractivity contribution >= 4 is 17.2 Å². The summed E-state index contributed by atoms with van der Waals surface area (Å²) in [5.74, 6) is 1.75. The van der Waals surface area contributed by atoms with Crippen LogP contribution >= 0.6 is 11.3 Å². The molecule has 3 rings (SSSR count). The second-order valence-corrected chi connectivity index (χ2v) is 6.92. The quantitative estimate of drug-likeness (QED) is 0.858. The van der Waals surface area contributed by atoms with Gasteiger partial charge in [-0.15, -0.1) is 11.3 Å². The van der Waals surface area contributed by atoms with Crippen molar-refractivity contribution in [2.45, 2.75) is 39.2 Å². The number of hydrogen-bond donors (Lipinski definition) is 0. The third-order valence-electron chi connectivity index (χ3n) is 4.18. The van der Waals surface area contributed by atoms with Gasteiger partial charge in [0.25, 0.3) is 5.91 Å². The van der Waals surface area contributed by atoms with E-state index < -0.39 is 0 Å². The van der Waals surface area contributed by atoms with Gasteiger partial charge in [0.2, 0.25) is 0 Å². The molecule has 0 aromatic carbocycles. The lowest BCUT2D eigenvalue weighted by molar-refractivity contribution is 0.0705. The molecule has 1 fully saturated rings. The van der Waals surface area contributed by atoms with Gasteiger partial charge in [0.1, 0.15) is 18.1 Å². The number of ether oxygens (including phenoxy) is 1. The van der Waals surface area contributed by atoms with Crippen LogP contribution in [0.3, 0.4) is 0 Å². The lowest BCUT2D eigenvalue weighted by atomic mass is 9.98. The Labute approximate surface area is 140 Å². The number of furan rings is 1. The van der Waals surface area contributed by atoms with E-state index in [4.69, 9.17) is 9.15 Å². The maximum Gasteiger partial charge on any atom is 0.257 e. The molecule has 23 heavy (non-hydrogen) atoms. The van der Waals surface area contributed by atoms with Crippen molar-refractivity contribution in [3.63, 3.8) is 0 Å². The standard InChI is InChI=1S/C17H22N2O3S/c1-11-10-23-16(18-11)13-5-4-6-19(8-13)17(20)15-7-14(9-21-3)22-12(15)2/h7,10,13H,4-6,8-9H2,1-3H3. The van der Waals surface area contributed by atoms with Crippen LogP contribution in [0.15, 0.2) is 15.9 Å². The molecule has 0 radical (unpaired) electrons. The molecular formula is C17H22N2O3S. The number of methoxy groups -OCH3 is 1. The normalized spacial score (nSPS) is 18.4. The van der Waals surface area contributed by atoms with E-state index in [0.717, 1.165) is 36.6 Å². The zero-order valence-electron chi connectivity index (χ0n) is 13.8. The first-order valence-corrected chi connectivity index (χ1v) is 8.76. The summed E-state index contributed by atoms with van der Waals surface area (Å²) in [5, 5.41) is 3.22. The van der Waals surface area contributed by atoms with Gasteiger partial charge in [-0.1, -0.05) is 0 Å². The SMILES string of the molecule is COCc1cc(C(=O)N2CCCC(c3nc(C)cs3)C2)c(C)o1. The number of aromatic nitrogens is 1. The van der Waals surface area contributed by atoms with Crippen molar-refractivity contribution in [3.05, 3.63) is 39.2 Å². The zero-order valence-corrected chi connectivity index (χ0v) is 14.6. The second-order valence-electron chi connectivity index (χ2n) is 6.03. The van der Waals surface area contributed by atoms with Gasteiger partial charge < -0.3 is 14.1 Å². The summed E-state index contributed by atoms with van der Waals surface area (Å²) in [6.45, 7) is 5.75. The van der Waals surface area contributed by atoms with Crippen LogP contribution in [0, 0.1) is 13.8 Å². The Balaban J connectivity index is 1.74. The number of piperidine rings is 1. The fourth-order valence-corrected chi connectivity index (χ4v) is 3.99. The molecule has 1 unspecified atom stereocenters. The fourth-order valence-electron chi connectivity index (χ4n) is 3.06. The summed E-state index contributed by atoms with van der Waals surface area (Å²) in [5.41, 5.74) is 1.70. The maximum atomic E-state index is 12.8.